The monoisotopic (exact) mass is 201 g/mol. The maximum atomic E-state index is 10.9. The van der Waals surface area contributed by atoms with E-state index in [4.69, 9.17) is 10.5 Å². The van der Waals surface area contributed by atoms with Crippen LogP contribution in [0.5, 0.6) is 0 Å². The lowest BCUT2D eigenvalue weighted by Gasteiger charge is -2.09. The fourth-order valence-corrected chi connectivity index (χ4v) is 1.33. The zero-order valence-corrected chi connectivity index (χ0v) is 7.91. The Labute approximate surface area is 82.2 Å². The second-order valence-corrected chi connectivity index (χ2v) is 3.18. The number of rotatable bonds is 4. The van der Waals surface area contributed by atoms with Gasteiger partial charge in [-0.1, -0.05) is 0 Å². The molecule has 0 aromatic heterocycles. The van der Waals surface area contributed by atoms with E-state index in [2.05, 4.69) is 5.32 Å². The van der Waals surface area contributed by atoms with Crippen molar-refractivity contribution in [2.45, 2.75) is 18.9 Å². The van der Waals surface area contributed by atoms with E-state index in [0.717, 1.165) is 19.4 Å². The molecule has 6 nitrogen and oxygen atoms in total. The van der Waals surface area contributed by atoms with E-state index in [1.54, 1.807) is 0 Å². The number of carbonyl (C=O) groups excluding carboxylic acids is 2. The van der Waals surface area contributed by atoms with Gasteiger partial charge in [0.05, 0.1) is 12.6 Å². The zero-order chi connectivity index (χ0) is 10.4. The van der Waals surface area contributed by atoms with E-state index in [9.17, 15) is 9.59 Å². The molecule has 0 aromatic rings. The number of carbonyl (C=O) groups is 2. The molecule has 0 aromatic carbocycles. The third-order valence-corrected chi connectivity index (χ3v) is 1.94. The van der Waals surface area contributed by atoms with Crippen molar-refractivity contribution in [3.8, 4) is 0 Å². The van der Waals surface area contributed by atoms with Gasteiger partial charge in [-0.3, -0.25) is 10.1 Å². The van der Waals surface area contributed by atoms with Crippen molar-refractivity contribution in [2.75, 3.05) is 19.7 Å². The first-order valence-corrected chi connectivity index (χ1v) is 4.60. The van der Waals surface area contributed by atoms with Gasteiger partial charge in [0.1, 0.15) is 0 Å². The fraction of sp³-hybridized carbons (Fsp3) is 0.750. The molecule has 1 heterocycles. The van der Waals surface area contributed by atoms with Crippen LogP contribution in [-0.4, -0.2) is 37.7 Å². The number of imide groups is 1. The number of amides is 3. The molecule has 1 aliphatic heterocycles. The molecule has 0 saturated carbocycles. The fourth-order valence-electron chi connectivity index (χ4n) is 1.33. The molecule has 14 heavy (non-hydrogen) atoms. The maximum absolute atomic E-state index is 10.9. The first-order chi connectivity index (χ1) is 6.68. The molecule has 0 aliphatic carbocycles. The summed E-state index contributed by atoms with van der Waals surface area (Å²) in [6, 6.07) is -0.825. The third kappa shape index (κ3) is 4.20. The predicted molar refractivity (Wildman–Crippen MR) is 49.6 cm³/mol. The Morgan fingerprint density at radius 2 is 2.29 bits per heavy atom. The molecule has 1 fully saturated rings. The van der Waals surface area contributed by atoms with E-state index in [-0.39, 0.29) is 12.6 Å². The molecule has 1 saturated heterocycles. The van der Waals surface area contributed by atoms with Crippen LogP contribution in [0.4, 0.5) is 4.79 Å². The highest BCUT2D eigenvalue weighted by Gasteiger charge is 2.15. The molecule has 4 N–H and O–H groups in total. The molecule has 1 atom stereocenters. The van der Waals surface area contributed by atoms with Crippen molar-refractivity contribution in [1.29, 1.82) is 0 Å². The normalized spacial score (nSPS) is 20.7. The van der Waals surface area contributed by atoms with Gasteiger partial charge in [-0.25, -0.2) is 4.79 Å². The smallest absolute Gasteiger partial charge is 0.318 e. The van der Waals surface area contributed by atoms with Gasteiger partial charge in [0, 0.05) is 13.2 Å². The van der Waals surface area contributed by atoms with E-state index in [1.807, 2.05) is 5.32 Å². The van der Waals surface area contributed by atoms with Crippen molar-refractivity contribution in [3.63, 3.8) is 0 Å². The van der Waals surface area contributed by atoms with Gasteiger partial charge < -0.3 is 15.8 Å². The van der Waals surface area contributed by atoms with Crippen LogP contribution < -0.4 is 16.4 Å². The minimum absolute atomic E-state index is 0.0861. The number of hydrogen-bond donors (Lipinski definition) is 3. The minimum Gasteiger partial charge on any atom is -0.377 e. The van der Waals surface area contributed by atoms with Crippen LogP contribution in [0.3, 0.4) is 0 Å². The van der Waals surface area contributed by atoms with Crippen LogP contribution in [0.1, 0.15) is 12.8 Å². The summed E-state index contributed by atoms with van der Waals surface area (Å²) >= 11 is 0. The summed E-state index contributed by atoms with van der Waals surface area (Å²) in [6.07, 6.45) is 2.28. The van der Waals surface area contributed by atoms with E-state index in [0.29, 0.717) is 6.54 Å². The summed E-state index contributed by atoms with van der Waals surface area (Å²) in [5, 5.41) is 4.85. The van der Waals surface area contributed by atoms with Gasteiger partial charge in [-0.15, -0.1) is 0 Å². The highest BCUT2D eigenvalue weighted by molar-refractivity contribution is 5.94. The van der Waals surface area contributed by atoms with Crippen molar-refractivity contribution >= 4 is 11.9 Å². The highest BCUT2D eigenvalue weighted by Crippen LogP contribution is 2.10. The van der Waals surface area contributed by atoms with Gasteiger partial charge in [-0.2, -0.15) is 0 Å². The Kier molecular flexibility index (Phi) is 4.34. The van der Waals surface area contributed by atoms with Gasteiger partial charge in [-0.05, 0) is 12.8 Å². The van der Waals surface area contributed by atoms with Crippen LogP contribution in [0.25, 0.3) is 0 Å². The Balaban J connectivity index is 2.02. The molecule has 0 bridgehead atoms. The number of hydrogen-bond acceptors (Lipinski definition) is 4. The van der Waals surface area contributed by atoms with Crippen LogP contribution in [0.2, 0.25) is 0 Å². The summed E-state index contributed by atoms with van der Waals surface area (Å²) in [5.74, 6) is -0.421. The lowest BCUT2D eigenvalue weighted by molar-refractivity contribution is -0.119. The zero-order valence-electron chi connectivity index (χ0n) is 7.91. The molecule has 0 spiro atoms. The number of nitrogens with one attached hydrogen (secondary N) is 2. The minimum atomic E-state index is -0.825. The second-order valence-electron chi connectivity index (χ2n) is 3.18. The van der Waals surface area contributed by atoms with E-state index < -0.39 is 11.9 Å². The quantitative estimate of drug-likeness (QED) is 0.541. The molecule has 1 aliphatic rings. The molecular weight excluding hydrogens is 186 g/mol. The van der Waals surface area contributed by atoms with E-state index >= 15 is 0 Å². The van der Waals surface area contributed by atoms with Crippen molar-refractivity contribution in [1.82, 2.24) is 10.6 Å². The predicted octanol–water partition coefficient (Wildman–Crippen LogP) is -1.05. The molecule has 1 unspecified atom stereocenters. The summed E-state index contributed by atoms with van der Waals surface area (Å²) in [4.78, 5) is 21.2. The van der Waals surface area contributed by atoms with Gasteiger partial charge in [0.2, 0.25) is 5.91 Å². The molecule has 80 valence electrons. The maximum Gasteiger partial charge on any atom is 0.318 e. The standard InChI is InChI=1S/C8H15N3O3/c9-8(13)11-7(12)5-10-4-6-2-1-3-14-6/h6,10H,1-5H2,(H3,9,11,12,13). The first kappa shape index (κ1) is 10.9. The number of primary amides is 1. The van der Waals surface area contributed by atoms with Crippen LogP contribution in [0.15, 0.2) is 0 Å². The first-order valence-electron chi connectivity index (χ1n) is 4.60. The molecule has 0 radical (unpaired) electrons. The summed E-state index contributed by atoms with van der Waals surface area (Å²) in [7, 11) is 0. The average Bonchev–Trinajstić information content (AvgIpc) is 2.55. The highest BCUT2D eigenvalue weighted by atomic mass is 16.5. The van der Waals surface area contributed by atoms with E-state index in [1.165, 1.54) is 0 Å². The van der Waals surface area contributed by atoms with Crippen molar-refractivity contribution in [2.24, 2.45) is 5.73 Å². The van der Waals surface area contributed by atoms with Crippen LogP contribution >= 0.6 is 0 Å². The third-order valence-electron chi connectivity index (χ3n) is 1.94. The SMILES string of the molecule is NC(=O)NC(=O)CNCC1CCCO1. The summed E-state index contributed by atoms with van der Waals surface area (Å²) in [5.41, 5.74) is 4.76. The lowest BCUT2D eigenvalue weighted by Crippen LogP contribution is -2.42. The van der Waals surface area contributed by atoms with Crippen LogP contribution in [0, 0.1) is 0 Å². The molecule has 1 rings (SSSR count). The number of nitrogens with two attached hydrogens (primary N) is 1. The lowest BCUT2D eigenvalue weighted by atomic mass is 10.2. The topological polar surface area (TPSA) is 93.5 Å². The van der Waals surface area contributed by atoms with Gasteiger partial charge in [0.25, 0.3) is 0 Å². The molecule has 6 heteroatoms. The Morgan fingerprint density at radius 3 is 2.86 bits per heavy atom. The van der Waals surface area contributed by atoms with Crippen LogP contribution in [-0.2, 0) is 9.53 Å². The Hall–Kier alpha value is -1.14. The molecule has 3 amide bonds. The number of urea groups is 1. The Morgan fingerprint density at radius 1 is 1.50 bits per heavy atom. The van der Waals surface area contributed by atoms with Gasteiger partial charge >= 0.3 is 6.03 Å². The second kappa shape index (κ2) is 5.56. The largest absolute Gasteiger partial charge is 0.377 e. The molecular formula is C8H15N3O3. The average molecular weight is 201 g/mol. The summed E-state index contributed by atoms with van der Waals surface area (Å²) in [6.45, 7) is 1.51. The van der Waals surface area contributed by atoms with Crippen molar-refractivity contribution < 1.29 is 14.3 Å². The van der Waals surface area contributed by atoms with Crippen molar-refractivity contribution in [3.05, 3.63) is 0 Å². The Bertz CT molecular complexity index is 214. The number of ether oxygens (including phenoxy) is 1. The summed E-state index contributed by atoms with van der Waals surface area (Å²) < 4.78 is 5.33. The van der Waals surface area contributed by atoms with Gasteiger partial charge in [0.15, 0.2) is 0 Å².